The lowest BCUT2D eigenvalue weighted by Gasteiger charge is -2.21. The molecule has 0 aliphatic heterocycles. The maximum absolute atomic E-state index is 13.0. The maximum atomic E-state index is 13.0. The Hall–Kier alpha value is -1.94. The fraction of sp³-hybridized carbons (Fsp3) is 0.945. The van der Waals surface area contributed by atoms with E-state index in [4.69, 9.17) is 37.0 Å². The second-order valence-electron chi connectivity index (χ2n) is 28.0. The van der Waals surface area contributed by atoms with Gasteiger partial charge in [-0.3, -0.25) is 37.3 Å². The largest absolute Gasteiger partial charge is 0.472 e. The van der Waals surface area contributed by atoms with E-state index in [9.17, 15) is 43.2 Å². The van der Waals surface area contributed by atoms with Gasteiger partial charge in [-0.1, -0.05) is 312 Å². The standard InChI is InChI=1S/C73H142O17P2/c1-9-66(8)52-44-36-27-21-16-17-22-28-37-45-53-70(75)83-59-68(89-73(78)56-48-40-30-24-18-20-26-34-42-50-64(4)5)61-87-91(79,80)85-57-67(74)58-86-92(81,82)88-62-69(60-84-71(76)54-46-38-32-31-35-43-51-65(6)7)90-72(77)55-47-39-29-23-15-13-11-10-12-14-19-25-33-41-49-63(2)3/h63-69,74H,9-62H2,1-8H3,(H,79,80)(H,81,82)/t66?,67-,68-,69-/m1/s1. The first kappa shape index (κ1) is 90.1. The maximum Gasteiger partial charge on any atom is 0.472 e. The Morgan fingerprint density at radius 1 is 0.304 bits per heavy atom. The Balaban J connectivity index is 5.23. The number of hydrogen-bond donors (Lipinski definition) is 3. The van der Waals surface area contributed by atoms with Gasteiger partial charge in [0.05, 0.1) is 26.4 Å². The van der Waals surface area contributed by atoms with Crippen LogP contribution in [0.25, 0.3) is 0 Å². The molecule has 0 fully saturated rings. The highest BCUT2D eigenvalue weighted by molar-refractivity contribution is 7.47. The molecule has 0 radical (unpaired) electrons. The molecule has 546 valence electrons. The fourth-order valence-corrected chi connectivity index (χ4v) is 12.6. The lowest BCUT2D eigenvalue weighted by Crippen LogP contribution is -2.30. The molecule has 0 bridgehead atoms. The molecule has 0 spiro atoms. The lowest BCUT2D eigenvalue weighted by atomic mass is 9.99. The minimum absolute atomic E-state index is 0.105. The van der Waals surface area contributed by atoms with Gasteiger partial charge in [0.15, 0.2) is 12.2 Å². The van der Waals surface area contributed by atoms with Crippen molar-refractivity contribution in [2.24, 2.45) is 23.7 Å². The van der Waals surface area contributed by atoms with Crippen molar-refractivity contribution in [1.29, 1.82) is 0 Å². The average Bonchev–Trinajstić information content (AvgIpc) is 2.90. The van der Waals surface area contributed by atoms with Crippen LogP contribution < -0.4 is 0 Å². The molecule has 0 aromatic carbocycles. The van der Waals surface area contributed by atoms with E-state index in [1.165, 1.54) is 161 Å². The molecule has 0 rings (SSSR count). The van der Waals surface area contributed by atoms with Crippen LogP contribution in [0.3, 0.4) is 0 Å². The predicted molar refractivity (Wildman–Crippen MR) is 372 cm³/mol. The van der Waals surface area contributed by atoms with Gasteiger partial charge in [0.25, 0.3) is 0 Å². The molecule has 0 aromatic rings. The SMILES string of the molecule is CCC(C)CCCCCCCCCCCCC(=O)OC[C@H](COP(=O)(O)OC[C@@H](O)COP(=O)(O)OC[C@@H](COC(=O)CCCCCCCCC(C)C)OC(=O)CCCCCCCCCCCCCCCCC(C)C)OC(=O)CCCCCCCCCCCC(C)C. The van der Waals surface area contributed by atoms with Gasteiger partial charge in [-0.15, -0.1) is 0 Å². The molecule has 92 heavy (non-hydrogen) atoms. The van der Waals surface area contributed by atoms with Crippen molar-refractivity contribution in [3.05, 3.63) is 0 Å². The quantitative estimate of drug-likeness (QED) is 0.0222. The second kappa shape index (κ2) is 62.6. The molecule has 0 amide bonds. The van der Waals surface area contributed by atoms with Crippen molar-refractivity contribution < 1.29 is 80.2 Å². The number of carbonyl (C=O) groups is 4. The van der Waals surface area contributed by atoms with Crippen LogP contribution in [-0.4, -0.2) is 96.7 Å². The van der Waals surface area contributed by atoms with Crippen LogP contribution in [0.2, 0.25) is 0 Å². The van der Waals surface area contributed by atoms with Crippen molar-refractivity contribution in [3.63, 3.8) is 0 Å². The van der Waals surface area contributed by atoms with Crippen LogP contribution in [0.5, 0.6) is 0 Å². The number of ether oxygens (including phenoxy) is 4. The van der Waals surface area contributed by atoms with Crippen LogP contribution >= 0.6 is 15.6 Å². The Bertz CT molecular complexity index is 1820. The molecular weight excluding hydrogens is 1210 g/mol. The van der Waals surface area contributed by atoms with Crippen molar-refractivity contribution in [3.8, 4) is 0 Å². The summed E-state index contributed by atoms with van der Waals surface area (Å²) in [4.78, 5) is 72.6. The Morgan fingerprint density at radius 3 is 0.772 bits per heavy atom. The topological polar surface area (TPSA) is 237 Å². The molecule has 3 N–H and O–H groups in total. The van der Waals surface area contributed by atoms with Crippen molar-refractivity contribution in [2.45, 2.75) is 382 Å². The zero-order chi connectivity index (χ0) is 68.2. The number of phosphoric acid groups is 2. The summed E-state index contributed by atoms with van der Waals surface area (Å²) in [5.74, 6) is 0.894. The van der Waals surface area contributed by atoms with Gasteiger partial charge in [-0.05, 0) is 49.4 Å². The lowest BCUT2D eigenvalue weighted by molar-refractivity contribution is -0.161. The van der Waals surface area contributed by atoms with Gasteiger partial charge in [-0.25, -0.2) is 9.13 Å². The number of aliphatic hydroxyl groups excluding tert-OH is 1. The molecule has 0 aliphatic carbocycles. The number of esters is 4. The van der Waals surface area contributed by atoms with Crippen LogP contribution in [0, 0.1) is 23.7 Å². The van der Waals surface area contributed by atoms with E-state index in [1.807, 2.05) is 0 Å². The fourth-order valence-electron chi connectivity index (χ4n) is 11.0. The summed E-state index contributed by atoms with van der Waals surface area (Å²) in [7, 11) is -9.91. The average molecular weight is 1350 g/mol. The highest BCUT2D eigenvalue weighted by Gasteiger charge is 2.30. The molecule has 17 nitrogen and oxygen atoms in total. The Morgan fingerprint density at radius 2 is 0.522 bits per heavy atom. The van der Waals surface area contributed by atoms with E-state index in [2.05, 4.69) is 55.4 Å². The molecular formula is C73H142O17P2. The van der Waals surface area contributed by atoms with Crippen LogP contribution in [-0.2, 0) is 65.4 Å². The van der Waals surface area contributed by atoms with Gasteiger partial charge in [-0.2, -0.15) is 0 Å². The summed E-state index contributed by atoms with van der Waals surface area (Å²) in [6, 6.07) is 0. The first-order valence-electron chi connectivity index (χ1n) is 37.7. The first-order chi connectivity index (χ1) is 44.1. The molecule has 0 saturated carbocycles. The first-order valence-corrected chi connectivity index (χ1v) is 40.7. The number of rotatable bonds is 70. The van der Waals surface area contributed by atoms with Crippen LogP contribution in [0.4, 0.5) is 0 Å². The monoisotopic (exact) mass is 1350 g/mol. The summed E-state index contributed by atoms with van der Waals surface area (Å²) >= 11 is 0. The van der Waals surface area contributed by atoms with Gasteiger partial charge in [0, 0.05) is 25.7 Å². The van der Waals surface area contributed by atoms with E-state index < -0.39 is 97.5 Å². The summed E-state index contributed by atoms with van der Waals surface area (Å²) in [5, 5.41) is 10.6. The number of phosphoric ester groups is 2. The summed E-state index contributed by atoms with van der Waals surface area (Å²) in [5.41, 5.74) is 0. The van der Waals surface area contributed by atoms with E-state index in [0.717, 1.165) is 114 Å². The third kappa shape index (κ3) is 65.4. The second-order valence-corrected chi connectivity index (χ2v) is 30.9. The molecule has 0 heterocycles. The minimum atomic E-state index is -4.95. The highest BCUT2D eigenvalue weighted by Crippen LogP contribution is 2.45. The predicted octanol–water partition coefficient (Wildman–Crippen LogP) is 20.9. The minimum Gasteiger partial charge on any atom is -0.462 e. The normalized spacial score (nSPS) is 14.5. The number of hydrogen-bond acceptors (Lipinski definition) is 15. The highest BCUT2D eigenvalue weighted by atomic mass is 31.2. The van der Waals surface area contributed by atoms with Crippen LogP contribution in [0.1, 0.15) is 364 Å². The van der Waals surface area contributed by atoms with Crippen molar-refractivity contribution >= 4 is 39.5 Å². The zero-order valence-corrected chi connectivity index (χ0v) is 62.0. The molecule has 0 aromatic heterocycles. The molecule has 3 unspecified atom stereocenters. The third-order valence-corrected chi connectivity index (χ3v) is 19.1. The van der Waals surface area contributed by atoms with E-state index >= 15 is 0 Å². The zero-order valence-electron chi connectivity index (χ0n) is 60.2. The molecule has 0 aliphatic rings. The Labute approximate surface area is 562 Å². The number of unbranched alkanes of at least 4 members (excludes halogenated alkanes) is 35. The molecule has 0 saturated heterocycles. The van der Waals surface area contributed by atoms with Crippen molar-refractivity contribution in [1.82, 2.24) is 0 Å². The van der Waals surface area contributed by atoms with Gasteiger partial charge >= 0.3 is 39.5 Å². The number of aliphatic hydroxyl groups is 1. The van der Waals surface area contributed by atoms with Gasteiger partial charge in [0.1, 0.15) is 19.3 Å². The number of carbonyl (C=O) groups excluding carboxylic acids is 4. The van der Waals surface area contributed by atoms with E-state index in [-0.39, 0.29) is 25.7 Å². The van der Waals surface area contributed by atoms with Crippen LogP contribution in [0.15, 0.2) is 0 Å². The molecule has 19 heteroatoms. The van der Waals surface area contributed by atoms with Crippen molar-refractivity contribution in [2.75, 3.05) is 39.6 Å². The summed E-state index contributed by atoms with van der Waals surface area (Å²) in [6.45, 7) is 14.1. The summed E-state index contributed by atoms with van der Waals surface area (Å²) < 4.78 is 68.4. The molecule has 6 atom stereocenters. The van der Waals surface area contributed by atoms with E-state index in [0.29, 0.717) is 31.6 Å². The van der Waals surface area contributed by atoms with Gasteiger partial charge in [0.2, 0.25) is 0 Å². The van der Waals surface area contributed by atoms with Gasteiger partial charge < -0.3 is 33.8 Å². The smallest absolute Gasteiger partial charge is 0.462 e. The summed E-state index contributed by atoms with van der Waals surface area (Å²) in [6.07, 6.45) is 45.9. The third-order valence-electron chi connectivity index (χ3n) is 17.2. The van der Waals surface area contributed by atoms with E-state index in [1.54, 1.807) is 0 Å². The Kier molecular flexibility index (Phi) is 61.3.